The summed E-state index contributed by atoms with van der Waals surface area (Å²) in [5.41, 5.74) is 3.76. The van der Waals surface area contributed by atoms with Crippen molar-refractivity contribution < 1.29 is 4.74 Å². The Kier molecular flexibility index (Phi) is 7.59. The predicted octanol–water partition coefficient (Wildman–Crippen LogP) is 2.95. The van der Waals surface area contributed by atoms with Crippen LogP contribution in [0, 0.1) is 0 Å². The van der Waals surface area contributed by atoms with Crippen LogP contribution in [0.2, 0.25) is 0 Å². The van der Waals surface area contributed by atoms with Crippen LogP contribution in [-0.4, -0.2) is 64.9 Å². The zero-order chi connectivity index (χ0) is 21.5. The monoisotopic (exact) mass is 424 g/mol. The molecule has 0 aliphatic carbocycles. The van der Waals surface area contributed by atoms with Gasteiger partial charge in [0.15, 0.2) is 5.96 Å². The number of nitrogens with one attached hydrogen (secondary N) is 1. The normalized spacial score (nSPS) is 20.8. The maximum absolute atomic E-state index is 5.99. The van der Waals surface area contributed by atoms with E-state index >= 15 is 0 Å². The molecule has 7 nitrogen and oxygen atoms in total. The lowest BCUT2D eigenvalue weighted by atomic mass is 10.1. The summed E-state index contributed by atoms with van der Waals surface area (Å²) in [6.07, 6.45) is 8.01. The summed E-state index contributed by atoms with van der Waals surface area (Å²) in [5, 5.41) is 7.75. The second-order valence-electron chi connectivity index (χ2n) is 8.58. The van der Waals surface area contributed by atoms with Gasteiger partial charge in [-0.15, -0.1) is 0 Å². The SMILES string of the molecule is CCNC(=NCc1ccc(CN2CCCCC2)cc1)N1CCOC(c2cnn(C)c2)C1. The first-order valence-corrected chi connectivity index (χ1v) is 11.6. The van der Waals surface area contributed by atoms with Crippen LogP contribution in [0.15, 0.2) is 41.7 Å². The first-order valence-electron chi connectivity index (χ1n) is 11.6. The van der Waals surface area contributed by atoms with E-state index in [1.807, 2.05) is 24.1 Å². The molecule has 2 aliphatic rings. The fraction of sp³-hybridized carbons (Fsp3) is 0.583. The molecule has 7 heteroatoms. The molecule has 0 spiro atoms. The average molecular weight is 425 g/mol. The van der Waals surface area contributed by atoms with Gasteiger partial charge in [0.05, 0.1) is 25.9 Å². The fourth-order valence-electron chi connectivity index (χ4n) is 4.37. The van der Waals surface area contributed by atoms with Gasteiger partial charge in [-0.3, -0.25) is 9.58 Å². The Labute approximate surface area is 186 Å². The molecule has 0 saturated carbocycles. The highest BCUT2D eigenvalue weighted by Gasteiger charge is 2.25. The highest BCUT2D eigenvalue weighted by atomic mass is 16.5. The van der Waals surface area contributed by atoms with Gasteiger partial charge in [0.2, 0.25) is 0 Å². The summed E-state index contributed by atoms with van der Waals surface area (Å²) >= 11 is 0. The molecule has 1 unspecified atom stereocenters. The molecule has 3 heterocycles. The van der Waals surface area contributed by atoms with Crippen molar-refractivity contribution in [3.05, 3.63) is 53.3 Å². The predicted molar refractivity (Wildman–Crippen MR) is 124 cm³/mol. The third-order valence-electron chi connectivity index (χ3n) is 6.09. The fourth-order valence-corrected chi connectivity index (χ4v) is 4.37. The summed E-state index contributed by atoms with van der Waals surface area (Å²) in [4.78, 5) is 9.80. The van der Waals surface area contributed by atoms with E-state index in [4.69, 9.17) is 9.73 Å². The van der Waals surface area contributed by atoms with E-state index in [1.54, 1.807) is 0 Å². The Morgan fingerprint density at radius 1 is 1.13 bits per heavy atom. The first-order chi connectivity index (χ1) is 15.2. The Morgan fingerprint density at radius 3 is 2.61 bits per heavy atom. The molecule has 0 radical (unpaired) electrons. The van der Waals surface area contributed by atoms with Crippen LogP contribution in [0.4, 0.5) is 0 Å². The van der Waals surface area contributed by atoms with Crippen molar-refractivity contribution in [3.63, 3.8) is 0 Å². The molecule has 2 aromatic rings. The zero-order valence-electron chi connectivity index (χ0n) is 19.0. The number of aliphatic imine (C=N–C) groups is 1. The molecule has 4 rings (SSSR count). The third kappa shape index (κ3) is 6.08. The van der Waals surface area contributed by atoms with Gasteiger partial charge < -0.3 is 15.0 Å². The van der Waals surface area contributed by atoms with Crippen LogP contribution < -0.4 is 5.32 Å². The van der Waals surface area contributed by atoms with Gasteiger partial charge in [0.1, 0.15) is 6.10 Å². The van der Waals surface area contributed by atoms with Gasteiger partial charge in [-0.25, -0.2) is 4.99 Å². The highest BCUT2D eigenvalue weighted by molar-refractivity contribution is 5.80. The Hall–Kier alpha value is -2.38. The molecule has 2 fully saturated rings. The Bertz CT molecular complexity index is 840. The number of ether oxygens (including phenoxy) is 1. The van der Waals surface area contributed by atoms with Crippen LogP contribution in [0.25, 0.3) is 0 Å². The van der Waals surface area contributed by atoms with Crippen molar-refractivity contribution in [2.24, 2.45) is 12.0 Å². The quantitative estimate of drug-likeness (QED) is 0.571. The van der Waals surface area contributed by atoms with Gasteiger partial charge >= 0.3 is 0 Å². The van der Waals surface area contributed by atoms with Crippen LogP contribution in [0.5, 0.6) is 0 Å². The Balaban J connectivity index is 1.36. The molecular formula is C24H36N6O. The number of benzene rings is 1. The standard InChI is InChI=1S/C24H36N6O/c1-3-25-24(30-13-14-31-23(19-30)22-16-27-28(2)18-22)26-15-20-7-9-21(10-8-20)17-29-11-5-4-6-12-29/h7-10,16,18,23H,3-6,11-15,17,19H2,1-2H3,(H,25,26). The van der Waals surface area contributed by atoms with Crippen molar-refractivity contribution in [1.82, 2.24) is 24.9 Å². The van der Waals surface area contributed by atoms with Crippen LogP contribution in [0.3, 0.4) is 0 Å². The molecule has 1 N–H and O–H groups in total. The summed E-state index contributed by atoms with van der Waals surface area (Å²) in [6, 6.07) is 8.98. The van der Waals surface area contributed by atoms with Crippen molar-refractivity contribution in [2.45, 2.75) is 45.4 Å². The number of nitrogens with zero attached hydrogens (tertiary/aromatic N) is 5. The number of morpholine rings is 1. The van der Waals surface area contributed by atoms with E-state index in [2.05, 4.69) is 51.4 Å². The maximum Gasteiger partial charge on any atom is 0.194 e. The average Bonchev–Trinajstić information content (AvgIpc) is 3.25. The number of rotatable bonds is 6. The van der Waals surface area contributed by atoms with Crippen molar-refractivity contribution in [3.8, 4) is 0 Å². The molecule has 1 aromatic carbocycles. The number of piperidine rings is 1. The van der Waals surface area contributed by atoms with E-state index in [9.17, 15) is 0 Å². The number of aromatic nitrogens is 2. The van der Waals surface area contributed by atoms with Crippen molar-refractivity contribution >= 4 is 5.96 Å². The van der Waals surface area contributed by atoms with Gasteiger partial charge in [-0.1, -0.05) is 30.7 Å². The van der Waals surface area contributed by atoms with E-state index in [0.717, 1.165) is 37.7 Å². The largest absolute Gasteiger partial charge is 0.370 e. The third-order valence-corrected chi connectivity index (χ3v) is 6.09. The molecule has 0 amide bonds. The lowest BCUT2D eigenvalue weighted by Gasteiger charge is -2.34. The summed E-state index contributed by atoms with van der Waals surface area (Å²) in [6.45, 7) is 9.50. The lowest BCUT2D eigenvalue weighted by Crippen LogP contribution is -2.48. The second kappa shape index (κ2) is 10.8. The second-order valence-corrected chi connectivity index (χ2v) is 8.58. The van der Waals surface area contributed by atoms with Crippen LogP contribution in [-0.2, 0) is 24.9 Å². The minimum absolute atomic E-state index is 0.0281. The highest BCUT2D eigenvalue weighted by Crippen LogP contribution is 2.22. The molecule has 31 heavy (non-hydrogen) atoms. The van der Waals surface area contributed by atoms with Crippen molar-refractivity contribution in [1.29, 1.82) is 0 Å². The van der Waals surface area contributed by atoms with E-state index in [1.165, 1.54) is 43.5 Å². The molecule has 0 bridgehead atoms. The minimum Gasteiger partial charge on any atom is -0.370 e. The number of guanidine groups is 1. The van der Waals surface area contributed by atoms with Gasteiger partial charge in [-0.2, -0.15) is 5.10 Å². The minimum atomic E-state index is 0.0281. The summed E-state index contributed by atoms with van der Waals surface area (Å²) < 4.78 is 7.82. The lowest BCUT2D eigenvalue weighted by molar-refractivity contribution is -0.00805. The molecule has 2 aliphatic heterocycles. The van der Waals surface area contributed by atoms with Crippen LogP contribution >= 0.6 is 0 Å². The number of hydrogen-bond acceptors (Lipinski definition) is 4. The summed E-state index contributed by atoms with van der Waals surface area (Å²) in [5.74, 6) is 0.956. The van der Waals surface area contributed by atoms with Gasteiger partial charge in [0, 0.05) is 38.4 Å². The molecular weight excluding hydrogens is 388 g/mol. The van der Waals surface area contributed by atoms with E-state index < -0.39 is 0 Å². The van der Waals surface area contributed by atoms with Gasteiger partial charge in [0.25, 0.3) is 0 Å². The van der Waals surface area contributed by atoms with E-state index in [-0.39, 0.29) is 6.10 Å². The molecule has 2 saturated heterocycles. The molecule has 168 valence electrons. The number of likely N-dealkylation sites (tertiary alicyclic amines) is 1. The summed E-state index contributed by atoms with van der Waals surface area (Å²) in [7, 11) is 1.94. The van der Waals surface area contributed by atoms with E-state index in [0.29, 0.717) is 13.2 Å². The first kappa shape index (κ1) is 21.8. The Morgan fingerprint density at radius 2 is 1.90 bits per heavy atom. The zero-order valence-corrected chi connectivity index (χ0v) is 19.0. The van der Waals surface area contributed by atoms with Crippen LogP contribution in [0.1, 0.15) is 49.0 Å². The number of hydrogen-bond donors (Lipinski definition) is 1. The topological polar surface area (TPSA) is 57.9 Å². The molecule has 1 aromatic heterocycles. The molecule has 1 atom stereocenters. The van der Waals surface area contributed by atoms with Crippen molar-refractivity contribution in [2.75, 3.05) is 39.3 Å². The van der Waals surface area contributed by atoms with Gasteiger partial charge in [-0.05, 0) is 44.0 Å². The number of aryl methyl sites for hydroxylation is 1. The maximum atomic E-state index is 5.99. The smallest absolute Gasteiger partial charge is 0.194 e.